The molecule has 2 aliphatic rings. The summed E-state index contributed by atoms with van der Waals surface area (Å²) in [5.74, 6) is 1.01. The summed E-state index contributed by atoms with van der Waals surface area (Å²) in [6.07, 6.45) is 2.84. The lowest BCUT2D eigenvalue weighted by molar-refractivity contribution is -0.134. The standard InChI is InChI=1S/C28H31N3O3S/c1-17(2)29-27(32)24-16-35-25(30-24)15-34-22-11-10-19-12-13-31(28(33)21-8-9-21)26(23(19)14-22)20-6-4-18(3)5-7-20/h4-7,10-11,14,16-17,21,26H,8-9,12-13,15H2,1-3H3,(H,29,32)/t26-/m1/s1. The molecule has 1 fully saturated rings. The van der Waals surface area contributed by atoms with Crippen LogP contribution in [0.5, 0.6) is 5.75 Å². The van der Waals surface area contributed by atoms with Crippen molar-refractivity contribution in [1.29, 1.82) is 0 Å². The molecule has 35 heavy (non-hydrogen) atoms. The fourth-order valence-electron chi connectivity index (χ4n) is 4.56. The number of rotatable bonds is 7. The Morgan fingerprint density at radius 2 is 1.94 bits per heavy atom. The second-order valence-corrected chi connectivity index (χ2v) is 10.7. The number of carbonyl (C=O) groups is 2. The van der Waals surface area contributed by atoms with Gasteiger partial charge in [0.1, 0.15) is 23.1 Å². The van der Waals surface area contributed by atoms with Gasteiger partial charge in [-0.2, -0.15) is 0 Å². The zero-order chi connectivity index (χ0) is 24.5. The fourth-order valence-corrected chi connectivity index (χ4v) is 5.24. The number of hydrogen-bond donors (Lipinski definition) is 1. The summed E-state index contributed by atoms with van der Waals surface area (Å²) in [7, 11) is 0. The number of fused-ring (bicyclic) bond motifs is 1. The van der Waals surface area contributed by atoms with Crippen LogP contribution in [-0.4, -0.2) is 34.3 Å². The van der Waals surface area contributed by atoms with Gasteiger partial charge in [-0.25, -0.2) is 4.98 Å². The molecule has 2 heterocycles. The van der Waals surface area contributed by atoms with Crippen molar-refractivity contribution in [2.75, 3.05) is 6.54 Å². The number of carbonyl (C=O) groups excluding carboxylic acids is 2. The first-order valence-electron chi connectivity index (χ1n) is 12.3. The predicted molar refractivity (Wildman–Crippen MR) is 137 cm³/mol. The summed E-state index contributed by atoms with van der Waals surface area (Å²) < 4.78 is 6.10. The Hall–Kier alpha value is -3.19. The number of ether oxygens (including phenoxy) is 1. The van der Waals surface area contributed by atoms with Crippen molar-refractivity contribution in [2.45, 2.75) is 58.7 Å². The van der Waals surface area contributed by atoms with E-state index >= 15 is 0 Å². The largest absolute Gasteiger partial charge is 0.486 e. The van der Waals surface area contributed by atoms with Gasteiger partial charge in [-0.05, 0) is 68.9 Å². The summed E-state index contributed by atoms with van der Waals surface area (Å²) in [5.41, 5.74) is 5.13. The third-order valence-corrected chi connectivity index (χ3v) is 7.34. The first-order valence-corrected chi connectivity index (χ1v) is 13.1. The minimum Gasteiger partial charge on any atom is -0.486 e. The minimum atomic E-state index is -0.169. The molecule has 3 aromatic rings. The lowest BCUT2D eigenvalue weighted by Crippen LogP contribution is -2.41. The van der Waals surface area contributed by atoms with Crippen molar-refractivity contribution in [3.05, 3.63) is 80.8 Å². The number of aromatic nitrogens is 1. The minimum absolute atomic E-state index is 0.0623. The van der Waals surface area contributed by atoms with E-state index in [0.717, 1.165) is 47.7 Å². The second kappa shape index (κ2) is 9.82. The molecule has 2 aromatic carbocycles. The first kappa shape index (κ1) is 23.5. The molecule has 0 bridgehead atoms. The van der Waals surface area contributed by atoms with Crippen molar-refractivity contribution < 1.29 is 14.3 Å². The van der Waals surface area contributed by atoms with Gasteiger partial charge in [-0.1, -0.05) is 35.9 Å². The Balaban J connectivity index is 1.38. The lowest BCUT2D eigenvalue weighted by Gasteiger charge is -2.38. The Kier molecular flexibility index (Phi) is 6.60. The summed E-state index contributed by atoms with van der Waals surface area (Å²) >= 11 is 1.42. The molecule has 1 aromatic heterocycles. The molecule has 6 nitrogen and oxygen atoms in total. The van der Waals surface area contributed by atoms with Crippen LogP contribution in [0.4, 0.5) is 0 Å². The molecule has 1 aliphatic carbocycles. The van der Waals surface area contributed by atoms with Crippen molar-refractivity contribution in [3.8, 4) is 5.75 Å². The van der Waals surface area contributed by atoms with Crippen molar-refractivity contribution >= 4 is 23.2 Å². The zero-order valence-electron chi connectivity index (χ0n) is 20.4. The van der Waals surface area contributed by atoms with E-state index in [0.29, 0.717) is 12.3 Å². The third-order valence-electron chi connectivity index (χ3n) is 6.51. The molecule has 1 saturated carbocycles. The van der Waals surface area contributed by atoms with Crippen LogP contribution in [0.3, 0.4) is 0 Å². The number of benzene rings is 2. The Morgan fingerprint density at radius 3 is 2.66 bits per heavy atom. The van der Waals surface area contributed by atoms with Crippen molar-refractivity contribution in [1.82, 2.24) is 15.2 Å². The molecule has 1 aliphatic heterocycles. The average molecular weight is 490 g/mol. The second-order valence-electron chi connectivity index (χ2n) is 9.77. The van der Waals surface area contributed by atoms with E-state index < -0.39 is 0 Å². The van der Waals surface area contributed by atoms with E-state index in [1.165, 1.54) is 22.5 Å². The van der Waals surface area contributed by atoms with Gasteiger partial charge in [0.15, 0.2) is 0 Å². The van der Waals surface area contributed by atoms with Gasteiger partial charge in [-0.15, -0.1) is 11.3 Å². The van der Waals surface area contributed by atoms with Crippen molar-refractivity contribution in [2.24, 2.45) is 5.92 Å². The van der Waals surface area contributed by atoms with E-state index in [9.17, 15) is 9.59 Å². The third kappa shape index (κ3) is 5.25. The molecule has 5 rings (SSSR count). The number of hydrogen-bond acceptors (Lipinski definition) is 5. The van der Waals surface area contributed by atoms with Crippen LogP contribution in [0.1, 0.15) is 70.5 Å². The molecular formula is C28H31N3O3S. The SMILES string of the molecule is Cc1ccc([C@@H]2c3cc(OCc4nc(C(=O)NC(C)C)cs4)ccc3CCN2C(=O)C2CC2)cc1. The van der Waals surface area contributed by atoms with Gasteiger partial charge in [0.05, 0.1) is 6.04 Å². The zero-order valence-corrected chi connectivity index (χ0v) is 21.2. The Morgan fingerprint density at radius 1 is 1.17 bits per heavy atom. The highest BCUT2D eigenvalue weighted by molar-refractivity contribution is 7.09. The van der Waals surface area contributed by atoms with Gasteiger partial charge < -0.3 is 15.0 Å². The molecule has 2 amide bonds. The van der Waals surface area contributed by atoms with Crippen molar-refractivity contribution in [3.63, 3.8) is 0 Å². The van der Waals surface area contributed by atoms with Gasteiger partial charge in [-0.3, -0.25) is 9.59 Å². The molecule has 0 unspecified atom stereocenters. The van der Waals surface area contributed by atoms with E-state index in [1.807, 2.05) is 19.9 Å². The lowest BCUT2D eigenvalue weighted by atomic mass is 9.87. The van der Waals surface area contributed by atoms with Gasteiger partial charge >= 0.3 is 0 Å². The smallest absolute Gasteiger partial charge is 0.270 e. The van der Waals surface area contributed by atoms with Crippen LogP contribution in [-0.2, 0) is 17.8 Å². The van der Waals surface area contributed by atoms with Crippen LogP contribution in [0.15, 0.2) is 47.8 Å². The van der Waals surface area contributed by atoms with E-state index in [2.05, 4.69) is 58.5 Å². The average Bonchev–Trinajstić information content (AvgIpc) is 3.59. The van der Waals surface area contributed by atoms with E-state index in [-0.39, 0.29) is 29.8 Å². The fraction of sp³-hybridized carbons (Fsp3) is 0.393. The summed E-state index contributed by atoms with van der Waals surface area (Å²) in [5, 5.41) is 5.37. The quantitative estimate of drug-likeness (QED) is 0.504. The molecule has 0 spiro atoms. The maximum atomic E-state index is 13.2. The highest BCUT2D eigenvalue weighted by Crippen LogP contribution is 2.41. The molecule has 7 heteroatoms. The number of nitrogens with zero attached hydrogens (tertiary/aromatic N) is 2. The van der Waals surface area contributed by atoms with Crippen LogP contribution < -0.4 is 10.1 Å². The Labute approximate surface area is 210 Å². The topological polar surface area (TPSA) is 71.5 Å². The maximum Gasteiger partial charge on any atom is 0.270 e. The van der Waals surface area contributed by atoms with Gasteiger partial charge in [0.25, 0.3) is 5.91 Å². The highest BCUT2D eigenvalue weighted by atomic mass is 32.1. The predicted octanol–water partition coefficient (Wildman–Crippen LogP) is 5.05. The van der Waals surface area contributed by atoms with Crippen LogP contribution >= 0.6 is 11.3 Å². The molecule has 1 atom stereocenters. The maximum absolute atomic E-state index is 13.2. The summed E-state index contributed by atoms with van der Waals surface area (Å²) in [4.78, 5) is 31.9. The van der Waals surface area contributed by atoms with E-state index in [1.54, 1.807) is 5.38 Å². The molecule has 0 saturated heterocycles. The number of nitrogens with one attached hydrogen (secondary N) is 1. The Bertz CT molecular complexity index is 1230. The molecule has 1 N–H and O–H groups in total. The van der Waals surface area contributed by atoms with Gasteiger partial charge in [0, 0.05) is 23.9 Å². The molecule has 0 radical (unpaired) electrons. The summed E-state index contributed by atoms with van der Waals surface area (Å²) in [6.45, 7) is 6.95. The number of aryl methyl sites for hydroxylation is 1. The number of thiazole rings is 1. The molecular weight excluding hydrogens is 458 g/mol. The van der Waals surface area contributed by atoms with E-state index in [4.69, 9.17) is 4.74 Å². The first-order chi connectivity index (χ1) is 16.9. The highest BCUT2D eigenvalue weighted by Gasteiger charge is 2.39. The summed E-state index contributed by atoms with van der Waals surface area (Å²) in [6, 6.07) is 14.6. The van der Waals surface area contributed by atoms with Crippen LogP contribution in [0, 0.1) is 12.8 Å². The van der Waals surface area contributed by atoms with Crippen LogP contribution in [0.25, 0.3) is 0 Å². The monoisotopic (exact) mass is 489 g/mol. The normalized spacial score (nSPS) is 17.3. The molecule has 182 valence electrons. The number of amides is 2. The van der Waals surface area contributed by atoms with Crippen LogP contribution in [0.2, 0.25) is 0 Å². The van der Waals surface area contributed by atoms with Gasteiger partial charge in [0.2, 0.25) is 5.91 Å².